The number of thiophene rings is 1. The van der Waals surface area contributed by atoms with Crippen LogP contribution < -0.4 is 10.9 Å². The van der Waals surface area contributed by atoms with E-state index in [1.165, 1.54) is 28.6 Å². The molecule has 2 aliphatic carbocycles. The minimum atomic E-state index is -0.116. The fourth-order valence-corrected chi connectivity index (χ4v) is 7.09. The van der Waals surface area contributed by atoms with E-state index in [1.54, 1.807) is 28.3 Å². The third-order valence-electron chi connectivity index (χ3n) is 6.44. The van der Waals surface area contributed by atoms with Gasteiger partial charge in [-0.05, 0) is 57.9 Å². The van der Waals surface area contributed by atoms with Crippen molar-refractivity contribution in [3.8, 4) is 0 Å². The maximum Gasteiger partial charge on any atom is 0.263 e. The highest BCUT2D eigenvalue weighted by Crippen LogP contribution is 2.37. The molecule has 3 aromatic heterocycles. The molecule has 1 saturated carbocycles. The molecule has 32 heavy (non-hydrogen) atoms. The summed E-state index contributed by atoms with van der Waals surface area (Å²) in [6.07, 6.45) is 10.3. The predicted molar refractivity (Wildman–Crippen MR) is 130 cm³/mol. The molecule has 0 bridgehead atoms. The van der Waals surface area contributed by atoms with E-state index in [0.717, 1.165) is 55.2 Å². The number of carbonyl (C=O) groups excluding carboxylic acids is 1. The fourth-order valence-electron chi connectivity index (χ4n) is 4.92. The second-order valence-electron chi connectivity index (χ2n) is 8.99. The highest BCUT2D eigenvalue weighted by atomic mass is 32.2. The number of fused-ring (bicyclic) bond motifs is 3. The van der Waals surface area contributed by atoms with Crippen LogP contribution >= 0.6 is 23.1 Å². The number of aromatic nitrogens is 4. The van der Waals surface area contributed by atoms with Crippen molar-refractivity contribution in [3.63, 3.8) is 0 Å². The van der Waals surface area contributed by atoms with Crippen LogP contribution in [-0.4, -0.2) is 31.0 Å². The number of hydrogen-bond acceptors (Lipinski definition) is 6. The molecule has 0 radical (unpaired) electrons. The number of aryl methyl sites for hydroxylation is 2. The molecule has 0 saturated heterocycles. The monoisotopic (exact) mass is 471 g/mol. The second kappa shape index (κ2) is 9.02. The number of anilines is 1. The van der Waals surface area contributed by atoms with Crippen LogP contribution in [-0.2, 0) is 17.6 Å². The number of hydrogen-bond donors (Lipinski definition) is 1. The zero-order valence-corrected chi connectivity index (χ0v) is 20.2. The van der Waals surface area contributed by atoms with Crippen LogP contribution in [0.15, 0.2) is 22.2 Å². The van der Waals surface area contributed by atoms with Gasteiger partial charge in [-0.1, -0.05) is 24.6 Å². The zero-order chi connectivity index (χ0) is 22.2. The van der Waals surface area contributed by atoms with Crippen LogP contribution in [0.25, 0.3) is 10.2 Å². The Kier molecular flexibility index (Phi) is 6.11. The van der Waals surface area contributed by atoms with Crippen LogP contribution in [0.5, 0.6) is 0 Å². The summed E-state index contributed by atoms with van der Waals surface area (Å²) in [6.45, 7) is 4.05. The van der Waals surface area contributed by atoms with Crippen LogP contribution in [0.2, 0.25) is 0 Å². The lowest BCUT2D eigenvalue weighted by Gasteiger charge is -2.18. The Labute approximate surface area is 195 Å². The standard InChI is InChI=1S/C23H29N5O2S2/c1-14(2)28-18(11-12-24-28)25-19(29)13-31-23-26-21-20(16-9-5-6-10-17(16)32-21)22(30)27(23)15-7-3-4-8-15/h11-12,14-15H,3-10,13H2,1-2H3,(H,25,29). The maximum absolute atomic E-state index is 13.7. The normalized spacial score (nSPS) is 16.7. The van der Waals surface area contributed by atoms with Gasteiger partial charge in [-0.2, -0.15) is 5.10 Å². The molecule has 3 aromatic rings. The summed E-state index contributed by atoms with van der Waals surface area (Å²) in [6, 6.07) is 2.15. The molecule has 3 heterocycles. The zero-order valence-electron chi connectivity index (χ0n) is 18.6. The number of nitrogens with one attached hydrogen (secondary N) is 1. The molecule has 0 spiro atoms. The third kappa shape index (κ3) is 4.01. The van der Waals surface area contributed by atoms with Crippen molar-refractivity contribution in [2.75, 3.05) is 11.1 Å². The number of amides is 1. The Balaban J connectivity index is 1.44. The minimum absolute atomic E-state index is 0.0992. The molecule has 1 fully saturated rings. The van der Waals surface area contributed by atoms with E-state index in [-0.39, 0.29) is 29.3 Å². The second-order valence-corrected chi connectivity index (χ2v) is 11.0. The van der Waals surface area contributed by atoms with Crippen molar-refractivity contribution in [1.82, 2.24) is 19.3 Å². The maximum atomic E-state index is 13.7. The first kappa shape index (κ1) is 21.7. The van der Waals surface area contributed by atoms with Crippen molar-refractivity contribution in [2.24, 2.45) is 0 Å². The minimum Gasteiger partial charge on any atom is -0.310 e. The lowest BCUT2D eigenvalue weighted by Crippen LogP contribution is -2.27. The van der Waals surface area contributed by atoms with Gasteiger partial charge in [0.05, 0.1) is 17.3 Å². The molecule has 0 aliphatic heterocycles. The molecule has 1 N–H and O–H groups in total. The first-order valence-corrected chi connectivity index (χ1v) is 13.4. The summed E-state index contributed by atoms with van der Waals surface area (Å²) in [5.41, 5.74) is 1.33. The van der Waals surface area contributed by atoms with Gasteiger partial charge in [-0.15, -0.1) is 11.3 Å². The average molecular weight is 472 g/mol. The van der Waals surface area contributed by atoms with E-state index in [9.17, 15) is 9.59 Å². The van der Waals surface area contributed by atoms with Crippen molar-refractivity contribution >= 4 is 45.0 Å². The summed E-state index contributed by atoms with van der Waals surface area (Å²) >= 11 is 3.04. The van der Waals surface area contributed by atoms with Crippen LogP contribution in [0.1, 0.15) is 74.9 Å². The van der Waals surface area contributed by atoms with Gasteiger partial charge in [0, 0.05) is 23.0 Å². The topological polar surface area (TPSA) is 81.8 Å². The van der Waals surface area contributed by atoms with Gasteiger partial charge in [0.15, 0.2) is 5.16 Å². The highest BCUT2D eigenvalue weighted by molar-refractivity contribution is 7.99. The number of nitrogens with zero attached hydrogens (tertiary/aromatic N) is 4. The van der Waals surface area contributed by atoms with Gasteiger partial charge >= 0.3 is 0 Å². The van der Waals surface area contributed by atoms with Crippen molar-refractivity contribution in [2.45, 2.75) is 82.5 Å². The third-order valence-corrected chi connectivity index (χ3v) is 8.58. The van der Waals surface area contributed by atoms with Crippen molar-refractivity contribution in [1.29, 1.82) is 0 Å². The summed E-state index contributed by atoms with van der Waals surface area (Å²) < 4.78 is 3.70. The predicted octanol–water partition coefficient (Wildman–Crippen LogP) is 4.96. The quantitative estimate of drug-likeness (QED) is 0.406. The van der Waals surface area contributed by atoms with E-state index >= 15 is 0 Å². The molecule has 0 atom stereocenters. The lowest BCUT2D eigenvalue weighted by molar-refractivity contribution is -0.113. The number of thioether (sulfide) groups is 1. The Morgan fingerprint density at radius 2 is 2.03 bits per heavy atom. The molecule has 5 rings (SSSR count). The van der Waals surface area contributed by atoms with Crippen LogP contribution in [0, 0.1) is 0 Å². The van der Waals surface area contributed by atoms with Gasteiger partial charge in [0.1, 0.15) is 10.6 Å². The van der Waals surface area contributed by atoms with E-state index in [1.807, 2.05) is 18.4 Å². The number of carbonyl (C=O) groups is 1. The molecular weight excluding hydrogens is 442 g/mol. The molecular formula is C23H29N5O2S2. The van der Waals surface area contributed by atoms with Crippen LogP contribution in [0.3, 0.4) is 0 Å². The van der Waals surface area contributed by atoms with Gasteiger partial charge in [0.2, 0.25) is 5.91 Å². The molecule has 0 unspecified atom stereocenters. The van der Waals surface area contributed by atoms with Gasteiger partial charge in [-0.25, -0.2) is 9.67 Å². The highest BCUT2D eigenvalue weighted by Gasteiger charge is 2.27. The SMILES string of the molecule is CC(C)n1nccc1NC(=O)CSc1nc2sc3c(c2c(=O)n1C1CCCC1)CCCC3. The molecule has 7 nitrogen and oxygen atoms in total. The fraction of sp³-hybridized carbons (Fsp3) is 0.565. The van der Waals surface area contributed by atoms with E-state index < -0.39 is 0 Å². The first-order valence-electron chi connectivity index (χ1n) is 11.6. The largest absolute Gasteiger partial charge is 0.310 e. The summed E-state index contributed by atoms with van der Waals surface area (Å²) in [4.78, 5) is 33.5. The van der Waals surface area contributed by atoms with Crippen molar-refractivity contribution < 1.29 is 4.79 Å². The Hall–Kier alpha value is -2.13. The number of rotatable bonds is 6. The molecule has 2 aliphatic rings. The molecule has 1 amide bonds. The van der Waals surface area contributed by atoms with Gasteiger partial charge in [0.25, 0.3) is 5.56 Å². The summed E-state index contributed by atoms with van der Waals surface area (Å²) in [5, 5.41) is 8.74. The summed E-state index contributed by atoms with van der Waals surface area (Å²) in [5.74, 6) is 0.780. The van der Waals surface area contributed by atoms with E-state index in [4.69, 9.17) is 4.98 Å². The van der Waals surface area contributed by atoms with Gasteiger partial charge in [-0.3, -0.25) is 14.2 Å². The van der Waals surface area contributed by atoms with Crippen molar-refractivity contribution in [3.05, 3.63) is 33.1 Å². The average Bonchev–Trinajstić information content (AvgIpc) is 3.51. The summed E-state index contributed by atoms with van der Waals surface area (Å²) in [7, 11) is 0. The Morgan fingerprint density at radius 1 is 1.25 bits per heavy atom. The first-order chi connectivity index (χ1) is 15.5. The molecule has 0 aromatic carbocycles. The van der Waals surface area contributed by atoms with Crippen LogP contribution in [0.4, 0.5) is 5.82 Å². The molecule has 9 heteroatoms. The van der Waals surface area contributed by atoms with Gasteiger partial charge < -0.3 is 5.32 Å². The smallest absolute Gasteiger partial charge is 0.263 e. The Bertz CT molecular complexity index is 1200. The van der Waals surface area contributed by atoms with E-state index in [2.05, 4.69) is 10.4 Å². The van der Waals surface area contributed by atoms with E-state index in [0.29, 0.717) is 11.0 Å². The Morgan fingerprint density at radius 3 is 2.81 bits per heavy atom. The lowest BCUT2D eigenvalue weighted by atomic mass is 9.97. The molecule has 170 valence electrons.